The maximum atomic E-state index is 13.2. The topological polar surface area (TPSA) is 84.2 Å². The van der Waals surface area contributed by atoms with Crippen LogP contribution in [0.5, 0.6) is 0 Å². The van der Waals surface area contributed by atoms with Gasteiger partial charge < -0.3 is 9.73 Å². The Hall–Kier alpha value is -1.48. The van der Waals surface area contributed by atoms with Gasteiger partial charge in [0.2, 0.25) is 10.0 Å². The number of rotatable bonds is 5. The summed E-state index contributed by atoms with van der Waals surface area (Å²) in [4.78, 5) is 4.21. The lowest BCUT2D eigenvalue weighted by molar-refractivity contribution is 0.355. The SMILES string of the molecule is Cc1ncc(-c2ccc(C)c(S(=O)(=O)NC[C@@H]3C[C@H](F)CN3)c2)o1.Cl. The Labute approximate surface area is 152 Å². The van der Waals surface area contributed by atoms with Gasteiger partial charge in [0, 0.05) is 31.6 Å². The molecule has 0 radical (unpaired) electrons. The fraction of sp³-hybridized carbons (Fsp3) is 0.438. The fourth-order valence-electron chi connectivity index (χ4n) is 2.75. The third kappa shape index (κ3) is 4.58. The number of alkyl halides is 1. The molecule has 1 aliphatic heterocycles. The predicted molar refractivity (Wildman–Crippen MR) is 95.2 cm³/mol. The van der Waals surface area contributed by atoms with Gasteiger partial charge in [-0.2, -0.15) is 0 Å². The number of nitrogens with one attached hydrogen (secondary N) is 2. The van der Waals surface area contributed by atoms with E-state index in [0.717, 1.165) is 0 Å². The van der Waals surface area contributed by atoms with Gasteiger partial charge in [-0.05, 0) is 25.0 Å². The monoisotopic (exact) mass is 389 g/mol. The predicted octanol–water partition coefficient (Wildman–Crippen LogP) is 2.36. The molecule has 1 aromatic heterocycles. The average Bonchev–Trinajstić information content (AvgIpc) is 3.14. The van der Waals surface area contributed by atoms with Crippen molar-refractivity contribution in [1.82, 2.24) is 15.0 Å². The third-order valence-corrected chi connectivity index (χ3v) is 5.64. The van der Waals surface area contributed by atoms with Crippen LogP contribution in [0.1, 0.15) is 17.9 Å². The highest BCUT2D eigenvalue weighted by molar-refractivity contribution is 7.89. The summed E-state index contributed by atoms with van der Waals surface area (Å²) in [6, 6.07) is 4.90. The summed E-state index contributed by atoms with van der Waals surface area (Å²) < 4.78 is 46.4. The molecule has 0 spiro atoms. The first-order chi connectivity index (χ1) is 11.3. The summed E-state index contributed by atoms with van der Waals surface area (Å²) in [5.41, 5.74) is 1.27. The summed E-state index contributed by atoms with van der Waals surface area (Å²) >= 11 is 0. The van der Waals surface area contributed by atoms with Crippen LogP contribution >= 0.6 is 12.4 Å². The minimum Gasteiger partial charge on any atom is -0.441 e. The summed E-state index contributed by atoms with van der Waals surface area (Å²) in [6.45, 7) is 3.89. The zero-order chi connectivity index (χ0) is 17.3. The Kier molecular flexibility index (Phi) is 6.21. The lowest BCUT2D eigenvalue weighted by atomic mass is 10.1. The molecule has 0 bridgehead atoms. The van der Waals surface area contributed by atoms with Crippen molar-refractivity contribution < 1.29 is 17.2 Å². The highest BCUT2D eigenvalue weighted by Crippen LogP contribution is 2.25. The van der Waals surface area contributed by atoms with E-state index in [0.29, 0.717) is 29.2 Å². The number of hydrogen-bond donors (Lipinski definition) is 2. The van der Waals surface area contributed by atoms with Gasteiger partial charge >= 0.3 is 0 Å². The van der Waals surface area contributed by atoms with Crippen molar-refractivity contribution in [2.75, 3.05) is 13.1 Å². The van der Waals surface area contributed by atoms with Crippen molar-refractivity contribution in [3.8, 4) is 11.3 Å². The maximum absolute atomic E-state index is 13.2. The van der Waals surface area contributed by atoms with E-state index in [1.54, 1.807) is 38.2 Å². The number of nitrogens with zero attached hydrogens (tertiary/aromatic N) is 1. The quantitative estimate of drug-likeness (QED) is 0.820. The van der Waals surface area contributed by atoms with Crippen LogP contribution < -0.4 is 10.0 Å². The van der Waals surface area contributed by atoms with Gasteiger partial charge in [0.05, 0.1) is 11.1 Å². The van der Waals surface area contributed by atoms with Gasteiger partial charge in [-0.3, -0.25) is 0 Å². The van der Waals surface area contributed by atoms with Gasteiger partial charge in [-0.1, -0.05) is 12.1 Å². The smallest absolute Gasteiger partial charge is 0.240 e. The second kappa shape index (κ2) is 7.82. The zero-order valence-corrected chi connectivity index (χ0v) is 15.6. The molecule has 0 unspecified atom stereocenters. The van der Waals surface area contributed by atoms with Gasteiger partial charge in [0.15, 0.2) is 11.7 Å². The number of aryl methyl sites for hydroxylation is 2. The molecule has 0 saturated carbocycles. The minimum atomic E-state index is -3.69. The molecule has 3 rings (SSSR count). The van der Waals surface area contributed by atoms with Gasteiger partial charge in [-0.15, -0.1) is 12.4 Å². The van der Waals surface area contributed by atoms with E-state index in [1.807, 2.05) is 0 Å². The molecule has 1 fully saturated rings. The Balaban J connectivity index is 0.00000225. The van der Waals surface area contributed by atoms with E-state index >= 15 is 0 Å². The van der Waals surface area contributed by atoms with E-state index < -0.39 is 16.2 Å². The van der Waals surface area contributed by atoms with E-state index in [4.69, 9.17) is 4.42 Å². The second-order valence-corrected chi connectivity index (χ2v) is 7.75. The van der Waals surface area contributed by atoms with Crippen LogP contribution in [0.15, 0.2) is 33.7 Å². The Morgan fingerprint density at radius 1 is 1.40 bits per heavy atom. The van der Waals surface area contributed by atoms with Crippen molar-refractivity contribution in [1.29, 1.82) is 0 Å². The molecule has 2 N–H and O–H groups in total. The van der Waals surface area contributed by atoms with Crippen molar-refractivity contribution in [3.05, 3.63) is 35.9 Å². The van der Waals surface area contributed by atoms with Gasteiger partial charge in [0.25, 0.3) is 0 Å². The average molecular weight is 390 g/mol. The second-order valence-electron chi connectivity index (χ2n) is 6.01. The normalized spacial score (nSPS) is 20.4. The molecule has 0 amide bonds. The number of sulfonamides is 1. The molecule has 6 nitrogen and oxygen atoms in total. The summed E-state index contributed by atoms with van der Waals surface area (Å²) in [5, 5.41) is 2.96. The van der Waals surface area contributed by atoms with E-state index in [1.165, 1.54) is 0 Å². The Morgan fingerprint density at radius 3 is 2.76 bits per heavy atom. The summed E-state index contributed by atoms with van der Waals surface area (Å²) in [6.07, 6.45) is 0.964. The molecule has 25 heavy (non-hydrogen) atoms. The molecular formula is C16H21ClFN3O3S. The number of oxazole rings is 1. The van der Waals surface area contributed by atoms with Crippen molar-refractivity contribution >= 4 is 22.4 Å². The molecule has 1 saturated heterocycles. The fourth-order valence-corrected chi connectivity index (χ4v) is 4.10. The zero-order valence-electron chi connectivity index (χ0n) is 14.0. The van der Waals surface area contributed by atoms with Crippen LogP contribution in [0.25, 0.3) is 11.3 Å². The number of benzene rings is 1. The van der Waals surface area contributed by atoms with Crippen LogP contribution in [0.4, 0.5) is 4.39 Å². The van der Waals surface area contributed by atoms with Crippen molar-refractivity contribution in [2.24, 2.45) is 0 Å². The molecule has 2 aromatic rings. The molecule has 2 atom stereocenters. The number of aromatic nitrogens is 1. The molecular weight excluding hydrogens is 369 g/mol. The molecule has 2 heterocycles. The minimum absolute atomic E-state index is 0. The van der Waals surface area contributed by atoms with Crippen LogP contribution in [0, 0.1) is 13.8 Å². The van der Waals surface area contributed by atoms with E-state index in [2.05, 4.69) is 15.0 Å². The lowest BCUT2D eigenvalue weighted by Crippen LogP contribution is -2.37. The Morgan fingerprint density at radius 2 is 2.16 bits per heavy atom. The van der Waals surface area contributed by atoms with E-state index in [-0.39, 0.29) is 36.4 Å². The maximum Gasteiger partial charge on any atom is 0.240 e. The summed E-state index contributed by atoms with van der Waals surface area (Å²) in [7, 11) is -3.69. The molecule has 0 aliphatic carbocycles. The lowest BCUT2D eigenvalue weighted by Gasteiger charge is -2.14. The van der Waals surface area contributed by atoms with Crippen LogP contribution in [0.3, 0.4) is 0 Å². The van der Waals surface area contributed by atoms with Crippen molar-refractivity contribution in [2.45, 2.75) is 37.4 Å². The van der Waals surface area contributed by atoms with Crippen molar-refractivity contribution in [3.63, 3.8) is 0 Å². The largest absolute Gasteiger partial charge is 0.441 e. The molecule has 1 aromatic carbocycles. The van der Waals surface area contributed by atoms with Gasteiger partial charge in [-0.25, -0.2) is 22.5 Å². The molecule has 9 heteroatoms. The van der Waals surface area contributed by atoms with Crippen LogP contribution in [-0.4, -0.2) is 38.7 Å². The number of hydrogen-bond acceptors (Lipinski definition) is 5. The third-order valence-electron chi connectivity index (χ3n) is 4.07. The highest BCUT2D eigenvalue weighted by atomic mass is 35.5. The van der Waals surface area contributed by atoms with E-state index in [9.17, 15) is 12.8 Å². The van der Waals surface area contributed by atoms with Gasteiger partial charge in [0.1, 0.15) is 6.17 Å². The molecule has 1 aliphatic rings. The highest BCUT2D eigenvalue weighted by Gasteiger charge is 2.26. The number of halogens is 2. The standard InChI is InChI=1S/C16H20FN3O3S.ClH/c1-10-3-4-12(15-9-18-11(2)23-15)5-16(10)24(21,22)20-8-14-6-13(17)7-19-14;/h3-5,9,13-14,19-20H,6-8H2,1-2H3;1H/t13-,14-;/m0./s1. The van der Waals surface area contributed by atoms with Crippen LogP contribution in [-0.2, 0) is 10.0 Å². The Bertz CT molecular complexity index is 841. The summed E-state index contributed by atoms with van der Waals surface area (Å²) in [5.74, 6) is 1.03. The first-order valence-electron chi connectivity index (χ1n) is 7.76. The van der Waals surface area contributed by atoms with Crippen LogP contribution in [0.2, 0.25) is 0 Å². The molecule has 138 valence electrons. The first-order valence-corrected chi connectivity index (χ1v) is 9.24. The first kappa shape index (κ1) is 19.8.